The van der Waals surface area contributed by atoms with Crippen molar-refractivity contribution in [1.82, 2.24) is 0 Å². The quantitative estimate of drug-likeness (QED) is 0.321. The summed E-state index contributed by atoms with van der Waals surface area (Å²) in [5, 5.41) is 7.04. The third kappa shape index (κ3) is 3.28. The highest BCUT2D eigenvalue weighted by atomic mass is 16.1. The number of rotatable bonds is 4. The lowest BCUT2D eigenvalue weighted by Crippen LogP contribution is -2.17. The first-order valence-corrected chi connectivity index (χ1v) is 10.7. The average molecular weight is 417 g/mol. The van der Waals surface area contributed by atoms with E-state index in [9.17, 15) is 4.79 Å². The van der Waals surface area contributed by atoms with E-state index in [0.29, 0.717) is 11.1 Å². The number of hydrogen-bond acceptors (Lipinski definition) is 3. The van der Waals surface area contributed by atoms with Crippen LogP contribution in [0.3, 0.4) is 0 Å². The maximum atomic E-state index is 13.7. The molecule has 0 aromatic heterocycles. The minimum Gasteiger partial charge on any atom is -0.355 e. The predicted molar refractivity (Wildman–Crippen MR) is 133 cm³/mol. The monoisotopic (exact) mass is 416 g/mol. The number of hydrogen-bond donors (Lipinski definition) is 2. The van der Waals surface area contributed by atoms with Crippen molar-refractivity contribution in [3.63, 3.8) is 0 Å². The number of para-hydroxylation sites is 2. The number of ketones is 1. The molecule has 3 heteroatoms. The molecule has 0 radical (unpaired) electrons. The van der Waals surface area contributed by atoms with Gasteiger partial charge in [-0.25, -0.2) is 0 Å². The van der Waals surface area contributed by atoms with E-state index >= 15 is 0 Å². The molecule has 4 aromatic carbocycles. The number of fused-ring (bicyclic) bond motifs is 2. The van der Waals surface area contributed by atoms with Crippen LogP contribution in [0.4, 0.5) is 22.7 Å². The van der Waals surface area contributed by atoms with Gasteiger partial charge in [-0.05, 0) is 60.4 Å². The molecule has 0 heterocycles. The Morgan fingerprint density at radius 1 is 0.562 bits per heavy atom. The van der Waals surface area contributed by atoms with Gasteiger partial charge >= 0.3 is 0 Å². The Morgan fingerprint density at radius 3 is 1.59 bits per heavy atom. The van der Waals surface area contributed by atoms with Crippen molar-refractivity contribution in [2.24, 2.45) is 0 Å². The molecule has 1 aliphatic rings. The van der Waals surface area contributed by atoms with Gasteiger partial charge < -0.3 is 10.6 Å². The molecule has 0 amide bonds. The number of carbonyl (C=O) groups is 1. The van der Waals surface area contributed by atoms with E-state index in [0.717, 1.165) is 50.6 Å². The Labute approximate surface area is 188 Å². The van der Waals surface area contributed by atoms with Crippen molar-refractivity contribution in [1.29, 1.82) is 0 Å². The molecule has 0 unspecified atom stereocenters. The second-order valence-electron chi connectivity index (χ2n) is 8.14. The summed E-state index contributed by atoms with van der Waals surface area (Å²) < 4.78 is 0. The lowest BCUT2D eigenvalue weighted by Gasteiger charge is -2.27. The number of benzene rings is 4. The van der Waals surface area contributed by atoms with Gasteiger partial charge in [0, 0.05) is 28.2 Å². The summed E-state index contributed by atoms with van der Waals surface area (Å²) in [4.78, 5) is 13.7. The maximum Gasteiger partial charge on any atom is 0.196 e. The summed E-state index contributed by atoms with van der Waals surface area (Å²) in [6, 6.07) is 27.9. The molecule has 0 saturated carbocycles. The van der Waals surface area contributed by atoms with Gasteiger partial charge in [0.05, 0.1) is 11.3 Å². The van der Waals surface area contributed by atoms with Crippen molar-refractivity contribution in [2.75, 3.05) is 10.6 Å². The Balaban J connectivity index is 1.70. The third-order valence-corrected chi connectivity index (χ3v) is 6.06. The Morgan fingerprint density at radius 2 is 1.03 bits per heavy atom. The molecule has 0 aliphatic heterocycles. The normalized spacial score (nSPS) is 12.2. The molecule has 3 nitrogen and oxygen atoms in total. The van der Waals surface area contributed by atoms with E-state index in [1.54, 1.807) is 0 Å². The topological polar surface area (TPSA) is 41.1 Å². The minimum atomic E-state index is 0.00696. The second-order valence-corrected chi connectivity index (χ2v) is 8.14. The smallest absolute Gasteiger partial charge is 0.196 e. The maximum absolute atomic E-state index is 13.7. The van der Waals surface area contributed by atoms with Crippen LogP contribution in [0, 0.1) is 13.8 Å². The average Bonchev–Trinajstić information content (AvgIpc) is 2.81. The highest BCUT2D eigenvalue weighted by Gasteiger charge is 2.30. The Hall–Kier alpha value is -4.11. The molecule has 0 spiro atoms. The summed E-state index contributed by atoms with van der Waals surface area (Å²) in [7, 11) is 0. The number of nitrogens with one attached hydrogen (secondary N) is 2. The van der Waals surface area contributed by atoms with E-state index < -0.39 is 0 Å². The van der Waals surface area contributed by atoms with Gasteiger partial charge in [0.15, 0.2) is 5.78 Å². The SMILES string of the molecule is C=C1c2ccccc2C(=O)c2c(Nc3ccccc3C)ccc(Nc3ccccc3C)c21. The highest BCUT2D eigenvalue weighted by Crippen LogP contribution is 2.43. The zero-order valence-electron chi connectivity index (χ0n) is 18.2. The summed E-state index contributed by atoms with van der Waals surface area (Å²) in [6.45, 7) is 8.52. The van der Waals surface area contributed by atoms with E-state index in [1.807, 2.05) is 72.8 Å². The van der Waals surface area contributed by atoms with Crippen molar-refractivity contribution < 1.29 is 4.79 Å². The molecule has 32 heavy (non-hydrogen) atoms. The standard InChI is InChI=1S/C29H24N2O/c1-18-10-4-8-14-23(18)30-25-16-17-26(31-24-15-9-5-11-19(24)2)28-27(25)20(3)21-12-6-7-13-22(21)29(28)32/h4-17,30-31H,3H2,1-2H3. The number of carbonyl (C=O) groups excluding carboxylic acids is 1. The first kappa shape index (κ1) is 19.8. The van der Waals surface area contributed by atoms with E-state index in [4.69, 9.17) is 0 Å². The molecule has 5 rings (SSSR count). The summed E-state index contributed by atoms with van der Waals surface area (Å²) in [5.41, 5.74) is 9.80. The van der Waals surface area contributed by atoms with Gasteiger partial charge in [-0.3, -0.25) is 4.79 Å². The third-order valence-electron chi connectivity index (χ3n) is 6.06. The van der Waals surface area contributed by atoms with Crippen LogP contribution in [-0.4, -0.2) is 5.78 Å². The van der Waals surface area contributed by atoms with Crippen LogP contribution in [0.25, 0.3) is 5.57 Å². The first-order chi connectivity index (χ1) is 15.5. The minimum absolute atomic E-state index is 0.00696. The largest absolute Gasteiger partial charge is 0.355 e. The molecule has 0 bridgehead atoms. The van der Waals surface area contributed by atoms with E-state index in [1.165, 1.54) is 0 Å². The number of anilines is 4. The van der Waals surface area contributed by atoms with Gasteiger partial charge in [-0.2, -0.15) is 0 Å². The molecule has 4 aromatic rings. The van der Waals surface area contributed by atoms with Crippen LogP contribution in [0.2, 0.25) is 0 Å². The lowest BCUT2D eigenvalue weighted by atomic mass is 9.80. The summed E-state index contributed by atoms with van der Waals surface area (Å²) in [6.07, 6.45) is 0. The van der Waals surface area contributed by atoms with Crippen LogP contribution in [0.15, 0.2) is 91.5 Å². The van der Waals surface area contributed by atoms with E-state index in [2.05, 4.69) is 43.2 Å². The summed E-state index contributed by atoms with van der Waals surface area (Å²) in [5.74, 6) is 0.00696. The fraction of sp³-hybridized carbons (Fsp3) is 0.0690. The van der Waals surface area contributed by atoms with Gasteiger partial charge in [-0.1, -0.05) is 67.2 Å². The molecule has 156 valence electrons. The highest BCUT2D eigenvalue weighted by molar-refractivity contribution is 6.23. The fourth-order valence-corrected chi connectivity index (χ4v) is 4.29. The fourth-order valence-electron chi connectivity index (χ4n) is 4.29. The van der Waals surface area contributed by atoms with Gasteiger partial charge in [-0.15, -0.1) is 0 Å². The van der Waals surface area contributed by atoms with Gasteiger partial charge in [0.1, 0.15) is 0 Å². The van der Waals surface area contributed by atoms with Crippen LogP contribution >= 0.6 is 0 Å². The van der Waals surface area contributed by atoms with Crippen LogP contribution < -0.4 is 10.6 Å². The lowest BCUT2D eigenvalue weighted by molar-refractivity contribution is 0.103. The summed E-state index contributed by atoms with van der Waals surface area (Å²) >= 11 is 0. The van der Waals surface area contributed by atoms with Crippen LogP contribution in [-0.2, 0) is 0 Å². The zero-order chi connectivity index (χ0) is 22.2. The molecule has 1 aliphatic carbocycles. The van der Waals surface area contributed by atoms with Crippen molar-refractivity contribution >= 4 is 34.1 Å². The van der Waals surface area contributed by atoms with Crippen LogP contribution in [0.5, 0.6) is 0 Å². The van der Waals surface area contributed by atoms with Crippen molar-refractivity contribution in [3.05, 3.63) is 125 Å². The van der Waals surface area contributed by atoms with Crippen molar-refractivity contribution in [3.8, 4) is 0 Å². The molecule has 0 saturated heterocycles. The molecule has 0 fully saturated rings. The Bertz CT molecular complexity index is 1280. The van der Waals surface area contributed by atoms with E-state index in [-0.39, 0.29) is 5.78 Å². The molecular weight excluding hydrogens is 392 g/mol. The molecule has 2 N–H and O–H groups in total. The Kier molecular flexibility index (Phi) is 4.87. The van der Waals surface area contributed by atoms with Crippen LogP contribution in [0.1, 0.15) is 38.2 Å². The first-order valence-electron chi connectivity index (χ1n) is 10.7. The zero-order valence-corrected chi connectivity index (χ0v) is 18.2. The van der Waals surface area contributed by atoms with Gasteiger partial charge in [0.2, 0.25) is 0 Å². The number of aryl methyl sites for hydroxylation is 2. The second kappa shape index (κ2) is 7.86. The molecule has 0 atom stereocenters. The van der Waals surface area contributed by atoms with Crippen molar-refractivity contribution in [2.45, 2.75) is 13.8 Å². The molecular formula is C29H24N2O. The van der Waals surface area contributed by atoms with Gasteiger partial charge in [0.25, 0.3) is 0 Å². The predicted octanol–water partition coefficient (Wildman–Crippen LogP) is 7.40.